The van der Waals surface area contributed by atoms with Crippen molar-refractivity contribution in [2.45, 2.75) is 25.8 Å². The largest absolute Gasteiger partial charge is 0.396 e. The van der Waals surface area contributed by atoms with E-state index in [1.807, 2.05) is 0 Å². The molecule has 0 radical (unpaired) electrons. The lowest BCUT2D eigenvalue weighted by molar-refractivity contribution is 0.275. The van der Waals surface area contributed by atoms with Gasteiger partial charge in [-0.1, -0.05) is 28.1 Å². The van der Waals surface area contributed by atoms with E-state index >= 15 is 0 Å². The van der Waals surface area contributed by atoms with Crippen LogP contribution in [-0.4, -0.2) is 17.8 Å². The van der Waals surface area contributed by atoms with E-state index in [9.17, 15) is 0 Å². The summed E-state index contributed by atoms with van der Waals surface area (Å²) in [6, 6.07) is 6.30. The highest BCUT2D eigenvalue weighted by Crippen LogP contribution is 2.18. The molecule has 0 aliphatic rings. The number of aliphatic hydroxyl groups excluding tert-OH is 1. The third kappa shape index (κ3) is 3.40. The first-order chi connectivity index (χ1) is 6.63. The van der Waals surface area contributed by atoms with Crippen molar-refractivity contribution in [1.29, 1.82) is 0 Å². The van der Waals surface area contributed by atoms with E-state index in [0.717, 1.165) is 10.9 Å². The van der Waals surface area contributed by atoms with Gasteiger partial charge in [0, 0.05) is 17.1 Å². The van der Waals surface area contributed by atoms with Gasteiger partial charge >= 0.3 is 0 Å². The Kier molecular flexibility index (Phi) is 4.58. The molecule has 1 aromatic rings. The number of halogens is 1. The lowest BCUT2D eigenvalue weighted by atomic mass is 10.0. The summed E-state index contributed by atoms with van der Waals surface area (Å²) in [5, 5.41) is 8.72. The molecule has 1 rings (SSSR count). The van der Waals surface area contributed by atoms with Crippen LogP contribution in [0.1, 0.15) is 17.5 Å². The van der Waals surface area contributed by atoms with Crippen LogP contribution in [0.2, 0.25) is 0 Å². The number of nitrogens with two attached hydrogens (primary N) is 1. The summed E-state index contributed by atoms with van der Waals surface area (Å²) < 4.78 is 1.12. The molecule has 0 amide bonds. The molecule has 3 heteroatoms. The predicted molar refractivity (Wildman–Crippen MR) is 62.3 cm³/mol. The third-order valence-electron chi connectivity index (χ3n) is 2.23. The van der Waals surface area contributed by atoms with Crippen LogP contribution in [0, 0.1) is 6.92 Å². The van der Waals surface area contributed by atoms with Gasteiger partial charge < -0.3 is 10.8 Å². The maximum absolute atomic E-state index is 8.72. The summed E-state index contributed by atoms with van der Waals surface area (Å²) in [5.41, 5.74) is 8.27. The first kappa shape index (κ1) is 11.7. The summed E-state index contributed by atoms with van der Waals surface area (Å²) in [6.45, 7) is 2.22. The monoisotopic (exact) mass is 257 g/mol. The highest BCUT2D eigenvalue weighted by Gasteiger charge is 2.04. The van der Waals surface area contributed by atoms with Crippen molar-refractivity contribution in [3.63, 3.8) is 0 Å². The topological polar surface area (TPSA) is 46.2 Å². The van der Waals surface area contributed by atoms with E-state index in [0.29, 0.717) is 6.42 Å². The summed E-state index contributed by atoms with van der Waals surface area (Å²) in [4.78, 5) is 0. The molecule has 1 atom stereocenters. The molecular formula is C11H16BrNO. The second kappa shape index (κ2) is 5.49. The van der Waals surface area contributed by atoms with Crippen molar-refractivity contribution in [3.8, 4) is 0 Å². The molecule has 0 bridgehead atoms. The molecule has 0 heterocycles. The van der Waals surface area contributed by atoms with E-state index in [2.05, 4.69) is 41.1 Å². The molecule has 3 N–H and O–H groups in total. The molecule has 0 saturated heterocycles. The minimum Gasteiger partial charge on any atom is -0.396 e. The van der Waals surface area contributed by atoms with Crippen molar-refractivity contribution in [2.24, 2.45) is 5.73 Å². The van der Waals surface area contributed by atoms with Gasteiger partial charge in [-0.25, -0.2) is 0 Å². The Morgan fingerprint density at radius 3 is 2.79 bits per heavy atom. The van der Waals surface area contributed by atoms with Crippen molar-refractivity contribution in [3.05, 3.63) is 33.8 Å². The highest BCUT2D eigenvalue weighted by molar-refractivity contribution is 9.10. The number of hydrogen-bond donors (Lipinski definition) is 2. The van der Waals surface area contributed by atoms with Gasteiger partial charge in [-0.05, 0) is 37.0 Å². The molecule has 14 heavy (non-hydrogen) atoms. The number of benzene rings is 1. The minimum absolute atomic E-state index is 0.0506. The van der Waals surface area contributed by atoms with Gasteiger partial charge in [0.1, 0.15) is 0 Å². The molecule has 0 spiro atoms. The molecule has 1 unspecified atom stereocenters. The maximum Gasteiger partial charge on any atom is 0.0445 e. The van der Waals surface area contributed by atoms with Gasteiger partial charge in [-0.15, -0.1) is 0 Å². The smallest absolute Gasteiger partial charge is 0.0445 e. The summed E-state index contributed by atoms with van der Waals surface area (Å²) >= 11 is 3.48. The average molecular weight is 258 g/mol. The van der Waals surface area contributed by atoms with Crippen molar-refractivity contribution in [1.82, 2.24) is 0 Å². The molecular weight excluding hydrogens is 242 g/mol. The Morgan fingerprint density at radius 1 is 1.50 bits per heavy atom. The average Bonchev–Trinajstić information content (AvgIpc) is 2.12. The second-order valence-electron chi connectivity index (χ2n) is 3.56. The quantitative estimate of drug-likeness (QED) is 0.867. The zero-order chi connectivity index (χ0) is 10.6. The fourth-order valence-corrected chi connectivity index (χ4v) is 1.76. The molecule has 78 valence electrons. The van der Waals surface area contributed by atoms with Crippen molar-refractivity contribution >= 4 is 15.9 Å². The molecule has 0 saturated carbocycles. The Balaban J connectivity index is 2.63. The maximum atomic E-state index is 8.72. The Bertz CT molecular complexity index is 301. The van der Waals surface area contributed by atoms with E-state index < -0.39 is 0 Å². The molecule has 0 aromatic heterocycles. The molecule has 0 aliphatic carbocycles. The normalized spacial score (nSPS) is 12.9. The van der Waals surface area contributed by atoms with Crippen LogP contribution in [0.25, 0.3) is 0 Å². The number of rotatable bonds is 4. The zero-order valence-corrected chi connectivity index (χ0v) is 9.92. The van der Waals surface area contributed by atoms with Gasteiger partial charge in [-0.3, -0.25) is 0 Å². The van der Waals surface area contributed by atoms with Gasteiger partial charge in [0.15, 0.2) is 0 Å². The van der Waals surface area contributed by atoms with Crippen LogP contribution < -0.4 is 5.73 Å². The molecule has 0 fully saturated rings. The number of aliphatic hydroxyl groups is 1. The summed E-state index contributed by atoms with van der Waals surface area (Å²) in [7, 11) is 0. The van der Waals surface area contributed by atoms with Gasteiger partial charge in [-0.2, -0.15) is 0 Å². The van der Waals surface area contributed by atoms with Crippen LogP contribution >= 0.6 is 15.9 Å². The van der Waals surface area contributed by atoms with Crippen molar-refractivity contribution in [2.75, 3.05) is 6.61 Å². The van der Waals surface area contributed by atoms with Crippen molar-refractivity contribution < 1.29 is 5.11 Å². The molecule has 1 aromatic carbocycles. The SMILES string of the molecule is Cc1ccc(CC(N)CCO)cc1Br. The van der Waals surface area contributed by atoms with Gasteiger partial charge in [0.2, 0.25) is 0 Å². The van der Waals surface area contributed by atoms with E-state index in [4.69, 9.17) is 10.8 Å². The Morgan fingerprint density at radius 2 is 2.21 bits per heavy atom. The summed E-state index contributed by atoms with van der Waals surface area (Å²) in [5.74, 6) is 0. The van der Waals surface area contributed by atoms with Gasteiger partial charge in [0.25, 0.3) is 0 Å². The van der Waals surface area contributed by atoms with E-state index in [1.165, 1.54) is 11.1 Å². The molecule has 0 aliphatic heterocycles. The van der Waals surface area contributed by atoms with Crippen LogP contribution in [0.3, 0.4) is 0 Å². The van der Waals surface area contributed by atoms with Crippen LogP contribution in [-0.2, 0) is 6.42 Å². The highest BCUT2D eigenvalue weighted by atomic mass is 79.9. The second-order valence-corrected chi connectivity index (χ2v) is 4.41. The lowest BCUT2D eigenvalue weighted by Crippen LogP contribution is -2.23. The first-order valence-electron chi connectivity index (χ1n) is 4.75. The lowest BCUT2D eigenvalue weighted by Gasteiger charge is -2.10. The Labute approximate surface area is 93.3 Å². The van der Waals surface area contributed by atoms with Crippen LogP contribution in [0.15, 0.2) is 22.7 Å². The standard InChI is InChI=1S/C11H16BrNO/c1-8-2-3-9(7-11(8)12)6-10(13)4-5-14/h2-3,7,10,14H,4-6,13H2,1H3. The summed E-state index contributed by atoms with van der Waals surface area (Å²) in [6.07, 6.45) is 1.48. The number of hydrogen-bond acceptors (Lipinski definition) is 2. The Hall–Kier alpha value is -0.380. The number of aryl methyl sites for hydroxylation is 1. The fraction of sp³-hybridized carbons (Fsp3) is 0.455. The fourth-order valence-electron chi connectivity index (χ4n) is 1.33. The van der Waals surface area contributed by atoms with Crippen LogP contribution in [0.4, 0.5) is 0 Å². The minimum atomic E-state index is 0.0506. The van der Waals surface area contributed by atoms with Gasteiger partial charge in [0.05, 0.1) is 0 Å². The predicted octanol–water partition coefficient (Wildman–Crippen LogP) is 2.01. The molecule has 2 nitrogen and oxygen atoms in total. The van der Waals surface area contributed by atoms with Crippen LogP contribution in [0.5, 0.6) is 0 Å². The third-order valence-corrected chi connectivity index (χ3v) is 3.09. The first-order valence-corrected chi connectivity index (χ1v) is 5.54. The van der Waals surface area contributed by atoms with E-state index in [-0.39, 0.29) is 12.6 Å². The zero-order valence-electron chi connectivity index (χ0n) is 8.33. The van der Waals surface area contributed by atoms with E-state index in [1.54, 1.807) is 0 Å².